The van der Waals surface area contributed by atoms with Gasteiger partial charge in [-0.15, -0.1) is 0 Å². The van der Waals surface area contributed by atoms with E-state index in [1.807, 2.05) is 24.3 Å². The van der Waals surface area contributed by atoms with Crippen molar-refractivity contribution in [1.82, 2.24) is 4.57 Å². The molecule has 0 spiro atoms. The van der Waals surface area contributed by atoms with Crippen molar-refractivity contribution in [2.75, 3.05) is 0 Å². The Kier molecular flexibility index (Phi) is 3.33. The van der Waals surface area contributed by atoms with E-state index in [1.165, 1.54) is 17.0 Å². The Bertz CT molecular complexity index is 829. The minimum atomic E-state index is 0.475. The molecule has 0 N–H and O–H groups in total. The topological polar surface area (TPSA) is 22.0 Å². The number of rotatable bonds is 3. The molecule has 0 amide bonds. The van der Waals surface area contributed by atoms with Crippen LogP contribution in [0.2, 0.25) is 0 Å². The number of fused-ring (bicyclic) bond motifs is 3. The highest BCUT2D eigenvalue weighted by Gasteiger charge is 2.13. The summed E-state index contributed by atoms with van der Waals surface area (Å²) in [5.41, 5.74) is 3.17. The van der Waals surface area contributed by atoms with Gasteiger partial charge in [0.2, 0.25) is 0 Å². The molecule has 0 fully saturated rings. The Balaban J connectivity index is 2.50. The van der Waals surface area contributed by atoms with Crippen molar-refractivity contribution in [3.63, 3.8) is 0 Å². The SMILES string of the molecule is CCn1c2ccccc2c2cccc(C(Cl)=CC=O)c21. The molecule has 3 rings (SSSR count). The Morgan fingerprint density at radius 3 is 2.65 bits per heavy atom. The third-order valence-corrected chi connectivity index (χ3v) is 3.91. The van der Waals surface area contributed by atoms with Gasteiger partial charge in [0.05, 0.1) is 10.5 Å². The van der Waals surface area contributed by atoms with Crippen molar-refractivity contribution in [1.29, 1.82) is 0 Å². The van der Waals surface area contributed by atoms with Crippen molar-refractivity contribution >= 4 is 44.7 Å². The second kappa shape index (κ2) is 5.14. The summed E-state index contributed by atoms with van der Waals surface area (Å²) in [5, 5.41) is 2.85. The molecule has 0 aliphatic rings. The highest BCUT2D eigenvalue weighted by molar-refractivity contribution is 6.50. The van der Waals surface area contributed by atoms with Crippen LogP contribution in [0.15, 0.2) is 48.5 Å². The molecule has 2 nitrogen and oxygen atoms in total. The lowest BCUT2D eigenvalue weighted by Gasteiger charge is -2.07. The van der Waals surface area contributed by atoms with E-state index in [-0.39, 0.29) is 0 Å². The second-order valence-electron chi connectivity index (χ2n) is 4.61. The Labute approximate surface area is 122 Å². The fraction of sp³-hybridized carbons (Fsp3) is 0.118. The predicted octanol–water partition coefficient (Wildman–Crippen LogP) is 4.59. The molecule has 0 atom stereocenters. The third-order valence-electron chi connectivity index (χ3n) is 3.58. The van der Waals surface area contributed by atoms with Crippen LogP contribution in [-0.4, -0.2) is 10.9 Å². The molecular formula is C17H14ClNO. The van der Waals surface area contributed by atoms with E-state index >= 15 is 0 Å². The molecule has 0 unspecified atom stereocenters. The monoisotopic (exact) mass is 283 g/mol. The lowest BCUT2D eigenvalue weighted by molar-refractivity contribution is -0.104. The number of allylic oxidation sites excluding steroid dienone is 1. The number of benzene rings is 2. The van der Waals surface area contributed by atoms with Gasteiger partial charge < -0.3 is 4.57 Å². The Hall–Kier alpha value is -2.06. The van der Waals surface area contributed by atoms with Gasteiger partial charge in [0.1, 0.15) is 6.29 Å². The average molecular weight is 284 g/mol. The maximum atomic E-state index is 10.7. The summed E-state index contributed by atoms with van der Waals surface area (Å²) in [6.45, 7) is 2.96. The number of hydrogen-bond acceptors (Lipinski definition) is 1. The summed E-state index contributed by atoms with van der Waals surface area (Å²) in [6, 6.07) is 14.3. The zero-order valence-electron chi connectivity index (χ0n) is 11.1. The van der Waals surface area contributed by atoms with Gasteiger partial charge in [-0.05, 0) is 19.1 Å². The number of nitrogens with zero attached hydrogens (tertiary/aromatic N) is 1. The number of aldehydes is 1. The first-order valence-corrected chi connectivity index (χ1v) is 6.97. The predicted molar refractivity (Wildman–Crippen MR) is 85.0 cm³/mol. The number of aromatic nitrogens is 1. The lowest BCUT2D eigenvalue weighted by atomic mass is 10.1. The molecule has 0 aliphatic carbocycles. The highest BCUT2D eigenvalue weighted by atomic mass is 35.5. The van der Waals surface area contributed by atoms with Gasteiger partial charge in [-0.1, -0.05) is 48.0 Å². The van der Waals surface area contributed by atoms with E-state index in [9.17, 15) is 4.79 Å². The molecule has 2 aromatic carbocycles. The van der Waals surface area contributed by atoms with Crippen LogP contribution in [0.3, 0.4) is 0 Å². The van der Waals surface area contributed by atoms with Crippen LogP contribution in [0.25, 0.3) is 26.8 Å². The summed E-state index contributed by atoms with van der Waals surface area (Å²) < 4.78 is 2.24. The minimum Gasteiger partial charge on any atom is -0.340 e. The lowest BCUT2D eigenvalue weighted by Crippen LogP contribution is -1.95. The molecular weight excluding hydrogens is 270 g/mol. The van der Waals surface area contributed by atoms with Crippen molar-refractivity contribution in [2.45, 2.75) is 13.5 Å². The number of carbonyl (C=O) groups excluding carboxylic acids is 1. The number of aryl methyl sites for hydroxylation is 1. The first-order chi connectivity index (χ1) is 9.77. The van der Waals surface area contributed by atoms with Gasteiger partial charge in [0.15, 0.2) is 0 Å². The zero-order chi connectivity index (χ0) is 14.1. The Morgan fingerprint density at radius 2 is 1.90 bits per heavy atom. The van der Waals surface area contributed by atoms with Gasteiger partial charge in [0.25, 0.3) is 0 Å². The van der Waals surface area contributed by atoms with E-state index in [1.54, 1.807) is 0 Å². The maximum Gasteiger partial charge on any atom is 0.144 e. The van der Waals surface area contributed by atoms with Crippen LogP contribution in [0, 0.1) is 0 Å². The van der Waals surface area contributed by atoms with Crippen molar-refractivity contribution in [3.8, 4) is 0 Å². The molecule has 20 heavy (non-hydrogen) atoms. The van der Waals surface area contributed by atoms with Crippen LogP contribution in [0.1, 0.15) is 12.5 Å². The maximum absolute atomic E-state index is 10.7. The first kappa shape index (κ1) is 12.9. The minimum absolute atomic E-state index is 0.475. The molecule has 0 aliphatic heterocycles. The second-order valence-corrected chi connectivity index (χ2v) is 5.02. The highest BCUT2D eigenvalue weighted by Crippen LogP contribution is 2.34. The van der Waals surface area contributed by atoms with E-state index < -0.39 is 0 Å². The number of hydrogen-bond donors (Lipinski definition) is 0. The van der Waals surface area contributed by atoms with Crippen LogP contribution >= 0.6 is 11.6 Å². The van der Waals surface area contributed by atoms with Crippen LogP contribution in [0.4, 0.5) is 0 Å². The number of para-hydroxylation sites is 2. The van der Waals surface area contributed by atoms with Crippen molar-refractivity contribution in [2.24, 2.45) is 0 Å². The smallest absolute Gasteiger partial charge is 0.144 e. The molecule has 0 saturated heterocycles. The van der Waals surface area contributed by atoms with Gasteiger partial charge in [0, 0.05) is 28.4 Å². The van der Waals surface area contributed by atoms with Crippen molar-refractivity contribution in [3.05, 3.63) is 54.1 Å². The Morgan fingerprint density at radius 1 is 1.15 bits per heavy atom. The molecule has 1 heterocycles. The van der Waals surface area contributed by atoms with E-state index in [0.29, 0.717) is 5.03 Å². The van der Waals surface area contributed by atoms with Crippen LogP contribution in [-0.2, 0) is 11.3 Å². The summed E-state index contributed by atoms with van der Waals surface area (Å²) in [4.78, 5) is 10.7. The van der Waals surface area contributed by atoms with Crippen LogP contribution in [0.5, 0.6) is 0 Å². The number of halogens is 1. The zero-order valence-corrected chi connectivity index (χ0v) is 11.9. The fourth-order valence-corrected chi connectivity index (χ4v) is 2.98. The standard InChI is InChI=1S/C17H14ClNO/c1-2-19-16-9-4-3-6-12(16)13-7-5-8-14(17(13)19)15(18)10-11-20/h3-11H,2H2,1H3. The quantitative estimate of drug-likeness (QED) is 0.509. The normalized spacial score (nSPS) is 12.2. The molecule has 0 saturated carbocycles. The van der Waals surface area contributed by atoms with E-state index in [2.05, 4.69) is 29.7 Å². The molecule has 100 valence electrons. The third kappa shape index (κ3) is 1.84. The largest absolute Gasteiger partial charge is 0.340 e. The van der Waals surface area contributed by atoms with Crippen LogP contribution < -0.4 is 0 Å². The summed E-state index contributed by atoms with van der Waals surface area (Å²) in [7, 11) is 0. The summed E-state index contributed by atoms with van der Waals surface area (Å²) >= 11 is 6.26. The van der Waals surface area contributed by atoms with E-state index in [0.717, 1.165) is 29.3 Å². The van der Waals surface area contributed by atoms with E-state index in [4.69, 9.17) is 11.6 Å². The molecule has 0 radical (unpaired) electrons. The molecule has 0 bridgehead atoms. The van der Waals surface area contributed by atoms with Gasteiger partial charge in [-0.25, -0.2) is 0 Å². The van der Waals surface area contributed by atoms with Gasteiger partial charge in [-0.3, -0.25) is 4.79 Å². The average Bonchev–Trinajstić information content (AvgIpc) is 2.81. The summed E-state index contributed by atoms with van der Waals surface area (Å²) in [5.74, 6) is 0. The molecule has 3 heteroatoms. The van der Waals surface area contributed by atoms with Gasteiger partial charge in [-0.2, -0.15) is 0 Å². The first-order valence-electron chi connectivity index (χ1n) is 6.59. The number of carbonyl (C=O) groups is 1. The fourth-order valence-electron chi connectivity index (χ4n) is 2.78. The molecule has 1 aromatic heterocycles. The van der Waals surface area contributed by atoms with Gasteiger partial charge >= 0.3 is 0 Å². The molecule has 3 aromatic rings. The van der Waals surface area contributed by atoms with Crippen molar-refractivity contribution < 1.29 is 4.79 Å². The summed E-state index contributed by atoms with van der Waals surface area (Å²) in [6.07, 6.45) is 2.12.